The Morgan fingerprint density at radius 3 is 2.21 bits per heavy atom. The molecule has 2 aliphatic heterocycles. The number of ether oxygens (including phenoxy) is 2. The monoisotopic (exact) mass is 571 g/mol. The first-order valence-electron chi connectivity index (χ1n) is 11.5. The Bertz CT molecular complexity index is 1070. The number of rotatable bonds is 5. The summed E-state index contributed by atoms with van der Waals surface area (Å²) in [6, 6.07) is 8.43. The number of aromatic nitrogens is 2. The van der Waals surface area contributed by atoms with Crippen LogP contribution < -0.4 is 0 Å². The molecule has 2 aromatic rings. The average molecular weight is 571 g/mol. The Hall–Kier alpha value is -3.24. The fraction of sp³-hybridized carbons (Fsp3) is 0.565. The summed E-state index contributed by atoms with van der Waals surface area (Å²) in [6.45, 7) is 6.91. The lowest BCUT2D eigenvalue weighted by Gasteiger charge is -2.32. The second-order valence-electron chi connectivity index (χ2n) is 8.63. The maximum Gasteiger partial charge on any atom is 0.490 e. The highest BCUT2D eigenvalue weighted by Gasteiger charge is 2.45. The van der Waals surface area contributed by atoms with E-state index in [0.717, 1.165) is 55.4 Å². The van der Waals surface area contributed by atoms with Gasteiger partial charge in [0.25, 0.3) is 0 Å². The smallest absolute Gasteiger partial charge is 0.475 e. The van der Waals surface area contributed by atoms with Crippen LogP contribution in [0.25, 0.3) is 0 Å². The molecule has 10 nitrogen and oxygen atoms in total. The molecule has 2 saturated heterocycles. The third kappa shape index (κ3) is 10.4. The molecule has 2 fully saturated rings. The Labute approximate surface area is 218 Å². The summed E-state index contributed by atoms with van der Waals surface area (Å²) < 4.78 is 81.0. The second-order valence-corrected chi connectivity index (χ2v) is 8.63. The summed E-state index contributed by atoms with van der Waals surface area (Å²) >= 11 is 0. The van der Waals surface area contributed by atoms with Gasteiger partial charge < -0.3 is 24.2 Å². The number of alkyl halides is 6. The maximum absolute atomic E-state index is 10.6. The molecule has 0 aliphatic carbocycles. The van der Waals surface area contributed by atoms with Crippen LogP contribution in [0.1, 0.15) is 35.7 Å². The molecule has 0 unspecified atom stereocenters. The number of carboxylic acid groups (broad SMARTS) is 2. The topological polar surface area (TPSA) is 135 Å². The predicted octanol–water partition coefficient (Wildman–Crippen LogP) is 3.90. The number of fused-ring (bicyclic) bond motifs is 1. The molecule has 0 spiro atoms. The van der Waals surface area contributed by atoms with Crippen molar-refractivity contribution >= 4 is 11.9 Å². The van der Waals surface area contributed by atoms with Gasteiger partial charge in [0.2, 0.25) is 0 Å². The Morgan fingerprint density at radius 1 is 1.08 bits per heavy atom. The SMILES string of the molecule is Cc1cccc(CO[C@H]2CN(Cc3cc(C)on3)[C@@H]3CCCO[C@H]23)n1.O=C(O)C(F)(F)F.O=C(O)C(F)(F)F. The molecule has 2 N–H and O–H groups in total. The molecule has 0 saturated carbocycles. The van der Waals surface area contributed by atoms with Crippen LogP contribution in [0.5, 0.6) is 0 Å². The fourth-order valence-electron chi connectivity index (χ4n) is 3.91. The van der Waals surface area contributed by atoms with Gasteiger partial charge in [0, 0.05) is 37.5 Å². The molecule has 2 aromatic heterocycles. The van der Waals surface area contributed by atoms with E-state index < -0.39 is 24.3 Å². The van der Waals surface area contributed by atoms with E-state index in [1.54, 1.807) is 0 Å². The number of hydrogen-bond acceptors (Lipinski definition) is 8. The van der Waals surface area contributed by atoms with Crippen LogP contribution in [0.15, 0.2) is 28.8 Å². The van der Waals surface area contributed by atoms with Crippen molar-refractivity contribution in [2.75, 3.05) is 13.2 Å². The fourth-order valence-corrected chi connectivity index (χ4v) is 3.91. The first kappa shape index (κ1) is 32.0. The van der Waals surface area contributed by atoms with Crippen LogP contribution in [0.2, 0.25) is 0 Å². The van der Waals surface area contributed by atoms with Crippen LogP contribution in [0, 0.1) is 13.8 Å². The van der Waals surface area contributed by atoms with Gasteiger partial charge in [0.1, 0.15) is 11.9 Å². The van der Waals surface area contributed by atoms with Gasteiger partial charge >= 0.3 is 24.3 Å². The molecule has 0 aromatic carbocycles. The van der Waals surface area contributed by atoms with Crippen molar-refractivity contribution in [2.24, 2.45) is 0 Å². The molecule has 4 rings (SSSR count). The lowest BCUT2D eigenvalue weighted by molar-refractivity contribution is -0.193. The van der Waals surface area contributed by atoms with Gasteiger partial charge in [-0.15, -0.1) is 0 Å². The van der Waals surface area contributed by atoms with E-state index >= 15 is 0 Å². The molecule has 0 radical (unpaired) electrons. The number of aryl methyl sites for hydroxylation is 2. The van der Waals surface area contributed by atoms with Gasteiger partial charge in [-0.05, 0) is 38.8 Å². The van der Waals surface area contributed by atoms with Crippen molar-refractivity contribution in [3.05, 3.63) is 47.1 Å². The zero-order valence-electron chi connectivity index (χ0n) is 20.8. The summed E-state index contributed by atoms with van der Waals surface area (Å²) in [7, 11) is 0. The van der Waals surface area contributed by atoms with Crippen molar-refractivity contribution in [2.45, 2.75) is 70.4 Å². The van der Waals surface area contributed by atoms with Gasteiger partial charge in [-0.1, -0.05) is 11.2 Å². The minimum absolute atomic E-state index is 0.0700. The largest absolute Gasteiger partial charge is 0.490 e. The van der Waals surface area contributed by atoms with Crippen molar-refractivity contribution in [1.29, 1.82) is 0 Å². The predicted molar refractivity (Wildman–Crippen MR) is 119 cm³/mol. The molecule has 16 heteroatoms. The van der Waals surface area contributed by atoms with Crippen LogP contribution in [-0.2, 0) is 32.2 Å². The van der Waals surface area contributed by atoms with Crippen LogP contribution in [-0.4, -0.2) is 80.9 Å². The first-order valence-corrected chi connectivity index (χ1v) is 11.5. The number of aliphatic carboxylic acids is 2. The first-order chi connectivity index (χ1) is 18.1. The molecule has 2 aliphatic rings. The third-order valence-electron chi connectivity index (χ3n) is 5.50. The number of likely N-dealkylation sites (tertiary alicyclic amines) is 1. The van der Waals surface area contributed by atoms with E-state index in [2.05, 4.69) is 15.0 Å². The van der Waals surface area contributed by atoms with Gasteiger partial charge in [0.15, 0.2) is 0 Å². The highest BCUT2D eigenvalue weighted by molar-refractivity contribution is 5.73. The number of hydrogen-bond donors (Lipinski definition) is 2. The zero-order chi connectivity index (χ0) is 29.4. The number of halogens is 6. The average Bonchev–Trinajstić information content (AvgIpc) is 3.40. The van der Waals surface area contributed by atoms with E-state index in [4.69, 9.17) is 33.8 Å². The lowest BCUT2D eigenvalue weighted by atomic mass is 10.0. The highest BCUT2D eigenvalue weighted by atomic mass is 19.4. The van der Waals surface area contributed by atoms with E-state index in [1.807, 2.05) is 38.1 Å². The second kappa shape index (κ2) is 13.7. The molecule has 0 amide bonds. The summed E-state index contributed by atoms with van der Waals surface area (Å²) in [5, 5.41) is 18.4. The van der Waals surface area contributed by atoms with E-state index in [-0.39, 0.29) is 12.2 Å². The summed E-state index contributed by atoms with van der Waals surface area (Å²) in [5.74, 6) is -4.66. The minimum atomic E-state index is -5.08. The minimum Gasteiger partial charge on any atom is -0.475 e. The molecule has 0 bridgehead atoms. The van der Waals surface area contributed by atoms with E-state index in [1.165, 1.54) is 0 Å². The van der Waals surface area contributed by atoms with E-state index in [0.29, 0.717) is 12.6 Å². The van der Waals surface area contributed by atoms with Crippen LogP contribution in [0.3, 0.4) is 0 Å². The number of pyridine rings is 1. The number of carbonyl (C=O) groups is 2. The molecule has 3 atom stereocenters. The normalized spacial score (nSPS) is 21.2. The molecule has 218 valence electrons. The molecular formula is C23H27F6N3O7. The molecular weight excluding hydrogens is 544 g/mol. The number of carboxylic acids is 2. The maximum atomic E-state index is 10.6. The van der Waals surface area contributed by atoms with Crippen molar-refractivity contribution < 1.29 is 60.1 Å². The Morgan fingerprint density at radius 2 is 1.69 bits per heavy atom. The van der Waals surface area contributed by atoms with Crippen molar-refractivity contribution in [1.82, 2.24) is 15.0 Å². The van der Waals surface area contributed by atoms with Gasteiger partial charge in [0.05, 0.1) is 24.1 Å². The summed E-state index contributed by atoms with van der Waals surface area (Å²) in [6.07, 6.45) is -7.72. The zero-order valence-corrected chi connectivity index (χ0v) is 20.8. The summed E-state index contributed by atoms with van der Waals surface area (Å²) in [4.78, 5) is 24.7. The number of nitrogens with zero attached hydrogens (tertiary/aromatic N) is 3. The quantitative estimate of drug-likeness (QED) is 0.509. The highest BCUT2D eigenvalue weighted by Crippen LogP contribution is 2.32. The standard InChI is InChI=1S/C19H25N3O3.2C2HF3O2/c1-13-5-3-6-15(20-13)12-24-18-11-22(10-16-9-14(2)25-21-16)17-7-4-8-23-19(17)18;2*3-2(4,5)1(6)7/h3,5-6,9,17-19H,4,7-8,10-12H2,1-2H3;2*(H,6,7)/t17-,18+,19+;;/m1../s1. The van der Waals surface area contributed by atoms with Gasteiger partial charge in [-0.2, -0.15) is 26.3 Å². The van der Waals surface area contributed by atoms with Gasteiger partial charge in [-0.3, -0.25) is 9.88 Å². The van der Waals surface area contributed by atoms with Crippen LogP contribution >= 0.6 is 0 Å². The van der Waals surface area contributed by atoms with E-state index in [9.17, 15) is 26.3 Å². The Balaban J connectivity index is 0.000000317. The summed E-state index contributed by atoms with van der Waals surface area (Å²) in [5.41, 5.74) is 2.96. The van der Waals surface area contributed by atoms with Crippen LogP contribution in [0.4, 0.5) is 26.3 Å². The Kier molecular flexibility index (Phi) is 11.2. The lowest BCUT2D eigenvalue weighted by Crippen LogP contribution is -2.41. The van der Waals surface area contributed by atoms with Gasteiger partial charge in [-0.25, -0.2) is 9.59 Å². The van der Waals surface area contributed by atoms with Crippen molar-refractivity contribution in [3.8, 4) is 0 Å². The van der Waals surface area contributed by atoms with Crippen molar-refractivity contribution in [3.63, 3.8) is 0 Å². The third-order valence-corrected chi connectivity index (χ3v) is 5.50. The molecule has 4 heterocycles. The molecule has 39 heavy (non-hydrogen) atoms.